The van der Waals surface area contributed by atoms with E-state index >= 15 is 0 Å². The van der Waals surface area contributed by atoms with E-state index < -0.39 is 23.8 Å². The molecule has 7 heteroatoms. The quantitative estimate of drug-likeness (QED) is 0.905. The van der Waals surface area contributed by atoms with Gasteiger partial charge in [0.1, 0.15) is 5.69 Å². The molecule has 0 radical (unpaired) electrons. The van der Waals surface area contributed by atoms with Crippen LogP contribution in [0.1, 0.15) is 22.6 Å². The molecule has 14 heavy (non-hydrogen) atoms. The van der Waals surface area contributed by atoms with Crippen LogP contribution in [0.5, 0.6) is 0 Å². The van der Waals surface area contributed by atoms with Crippen LogP contribution in [0.4, 0.5) is 8.78 Å². The first-order valence-corrected chi connectivity index (χ1v) is 4.89. The Morgan fingerprint density at radius 2 is 2.00 bits per heavy atom. The summed E-state index contributed by atoms with van der Waals surface area (Å²) >= 11 is 5.78. The lowest BCUT2D eigenvalue weighted by Gasteiger charge is -2.05. The number of aromatic nitrogens is 1. The lowest BCUT2D eigenvalue weighted by Crippen LogP contribution is -2.05. The van der Waals surface area contributed by atoms with E-state index in [-0.39, 0.29) is 8.95 Å². The second-order valence-corrected chi connectivity index (χ2v) is 4.00. The van der Waals surface area contributed by atoms with Crippen molar-refractivity contribution in [3.63, 3.8) is 0 Å². The summed E-state index contributed by atoms with van der Waals surface area (Å²) in [6.45, 7) is 0. The minimum atomic E-state index is -2.81. The lowest BCUT2D eigenvalue weighted by molar-refractivity contribution is 0.0687. The SMILES string of the molecule is O=C(O)c1nc(C(F)F)c(Br)cc1Br. The van der Waals surface area contributed by atoms with E-state index in [9.17, 15) is 13.6 Å². The van der Waals surface area contributed by atoms with Crippen molar-refractivity contribution in [1.29, 1.82) is 0 Å². The van der Waals surface area contributed by atoms with Gasteiger partial charge < -0.3 is 5.11 Å². The maximum absolute atomic E-state index is 12.3. The van der Waals surface area contributed by atoms with Crippen molar-refractivity contribution in [3.05, 3.63) is 26.4 Å². The Labute approximate surface area is 94.4 Å². The zero-order valence-electron chi connectivity index (χ0n) is 6.47. The van der Waals surface area contributed by atoms with Crippen LogP contribution in [0, 0.1) is 0 Å². The molecule has 0 fully saturated rings. The molecule has 1 heterocycles. The van der Waals surface area contributed by atoms with Gasteiger partial charge >= 0.3 is 5.97 Å². The van der Waals surface area contributed by atoms with Crippen LogP contribution < -0.4 is 0 Å². The van der Waals surface area contributed by atoms with Crippen LogP contribution in [-0.4, -0.2) is 16.1 Å². The molecule has 0 bridgehead atoms. The summed E-state index contributed by atoms with van der Waals surface area (Å²) < 4.78 is 24.8. The lowest BCUT2D eigenvalue weighted by atomic mass is 10.3. The summed E-state index contributed by atoms with van der Waals surface area (Å²) in [5.74, 6) is -1.36. The zero-order chi connectivity index (χ0) is 10.9. The van der Waals surface area contributed by atoms with Crippen LogP contribution in [0.3, 0.4) is 0 Å². The minimum Gasteiger partial charge on any atom is -0.476 e. The van der Waals surface area contributed by atoms with E-state index in [1.165, 1.54) is 6.07 Å². The number of nitrogens with zero attached hydrogens (tertiary/aromatic N) is 1. The van der Waals surface area contributed by atoms with Gasteiger partial charge in [-0.25, -0.2) is 18.6 Å². The molecule has 0 aliphatic carbocycles. The molecule has 0 unspecified atom stereocenters. The Kier molecular flexibility index (Phi) is 3.54. The van der Waals surface area contributed by atoms with Gasteiger partial charge in [0.25, 0.3) is 6.43 Å². The Bertz CT molecular complexity index is 384. The molecule has 0 aliphatic rings. The third-order valence-corrected chi connectivity index (χ3v) is 2.61. The fourth-order valence-electron chi connectivity index (χ4n) is 0.784. The van der Waals surface area contributed by atoms with Crippen molar-refractivity contribution in [2.75, 3.05) is 0 Å². The maximum atomic E-state index is 12.3. The first-order chi connectivity index (χ1) is 6.43. The van der Waals surface area contributed by atoms with E-state index in [1.807, 2.05) is 0 Å². The Hall–Kier alpha value is -0.560. The highest BCUT2D eigenvalue weighted by molar-refractivity contribution is 9.11. The highest BCUT2D eigenvalue weighted by Crippen LogP contribution is 2.29. The molecule has 0 amide bonds. The zero-order valence-corrected chi connectivity index (χ0v) is 9.64. The average molecular weight is 331 g/mol. The predicted molar refractivity (Wildman–Crippen MR) is 51.6 cm³/mol. The van der Waals surface area contributed by atoms with Crippen LogP contribution in [0.25, 0.3) is 0 Å². The fourth-order valence-corrected chi connectivity index (χ4v) is 2.07. The molecule has 0 atom stereocenters. The first-order valence-electron chi connectivity index (χ1n) is 3.31. The number of hydrogen-bond donors (Lipinski definition) is 1. The summed E-state index contributed by atoms with van der Waals surface area (Å²) in [7, 11) is 0. The van der Waals surface area contributed by atoms with Gasteiger partial charge in [0, 0.05) is 4.47 Å². The maximum Gasteiger partial charge on any atom is 0.355 e. The molecule has 1 aromatic heterocycles. The summed E-state index contributed by atoms with van der Waals surface area (Å²) in [4.78, 5) is 13.9. The van der Waals surface area contributed by atoms with Crippen molar-refractivity contribution in [1.82, 2.24) is 4.98 Å². The molecule has 3 nitrogen and oxygen atoms in total. The number of carbonyl (C=O) groups is 1. The van der Waals surface area contributed by atoms with E-state index in [0.717, 1.165) is 0 Å². The van der Waals surface area contributed by atoms with Crippen LogP contribution in [0.2, 0.25) is 0 Å². The van der Waals surface area contributed by atoms with Gasteiger partial charge in [-0.05, 0) is 37.9 Å². The molecule has 76 valence electrons. The van der Waals surface area contributed by atoms with Crippen molar-refractivity contribution in [3.8, 4) is 0 Å². The minimum absolute atomic E-state index is 0.0735. The molecular formula is C7H3Br2F2NO2. The van der Waals surface area contributed by atoms with Crippen molar-refractivity contribution < 1.29 is 18.7 Å². The second kappa shape index (κ2) is 4.31. The van der Waals surface area contributed by atoms with Crippen molar-refractivity contribution in [2.45, 2.75) is 6.43 Å². The van der Waals surface area contributed by atoms with E-state index in [0.29, 0.717) is 0 Å². The smallest absolute Gasteiger partial charge is 0.355 e. The highest BCUT2D eigenvalue weighted by atomic mass is 79.9. The molecule has 0 aromatic carbocycles. The van der Waals surface area contributed by atoms with E-state index in [1.54, 1.807) is 0 Å². The molecular weight excluding hydrogens is 328 g/mol. The van der Waals surface area contributed by atoms with Crippen LogP contribution >= 0.6 is 31.9 Å². The monoisotopic (exact) mass is 329 g/mol. The molecule has 0 spiro atoms. The van der Waals surface area contributed by atoms with Crippen molar-refractivity contribution >= 4 is 37.8 Å². The third kappa shape index (κ3) is 2.27. The number of hydrogen-bond acceptors (Lipinski definition) is 2. The number of halogens is 4. The first kappa shape index (κ1) is 11.5. The van der Waals surface area contributed by atoms with Gasteiger partial charge in [-0.3, -0.25) is 0 Å². The van der Waals surface area contributed by atoms with Gasteiger partial charge in [0.05, 0.1) is 4.47 Å². The normalized spacial score (nSPS) is 10.6. The topological polar surface area (TPSA) is 50.2 Å². The second-order valence-electron chi connectivity index (χ2n) is 2.29. The van der Waals surface area contributed by atoms with Gasteiger partial charge in [0.15, 0.2) is 5.69 Å². The van der Waals surface area contributed by atoms with Gasteiger partial charge in [-0.1, -0.05) is 0 Å². The Morgan fingerprint density at radius 3 is 2.43 bits per heavy atom. The fraction of sp³-hybridized carbons (Fsp3) is 0.143. The van der Waals surface area contributed by atoms with Crippen molar-refractivity contribution in [2.24, 2.45) is 0 Å². The largest absolute Gasteiger partial charge is 0.476 e. The average Bonchev–Trinajstić information content (AvgIpc) is 2.02. The number of alkyl halides is 2. The van der Waals surface area contributed by atoms with Crippen LogP contribution in [-0.2, 0) is 0 Å². The number of pyridine rings is 1. The third-order valence-electron chi connectivity index (χ3n) is 1.37. The van der Waals surface area contributed by atoms with Crippen LogP contribution in [0.15, 0.2) is 15.0 Å². The van der Waals surface area contributed by atoms with Gasteiger partial charge in [0.2, 0.25) is 0 Å². The Morgan fingerprint density at radius 1 is 1.43 bits per heavy atom. The Balaban J connectivity index is 3.34. The van der Waals surface area contributed by atoms with E-state index in [4.69, 9.17) is 5.11 Å². The standard InChI is InChI=1S/C7H3Br2F2NO2/c8-2-1-3(9)5(7(13)14)12-4(2)6(10)11/h1,6H,(H,13,14). The molecule has 0 aliphatic heterocycles. The summed E-state index contributed by atoms with van der Waals surface area (Å²) in [6, 6.07) is 1.23. The summed E-state index contributed by atoms with van der Waals surface area (Å²) in [5, 5.41) is 8.61. The summed E-state index contributed by atoms with van der Waals surface area (Å²) in [6.07, 6.45) is -2.81. The summed E-state index contributed by atoms with van der Waals surface area (Å²) in [5.41, 5.74) is -1.01. The molecule has 0 saturated carbocycles. The molecule has 1 rings (SSSR count). The number of aromatic carboxylic acids is 1. The molecule has 0 saturated heterocycles. The highest BCUT2D eigenvalue weighted by Gasteiger charge is 2.19. The van der Waals surface area contributed by atoms with Gasteiger partial charge in [-0.15, -0.1) is 0 Å². The number of carboxylic acids is 1. The van der Waals surface area contributed by atoms with E-state index in [2.05, 4.69) is 36.8 Å². The molecule has 1 N–H and O–H groups in total. The predicted octanol–water partition coefficient (Wildman–Crippen LogP) is 3.24. The molecule has 1 aromatic rings. The number of carboxylic acid groups (broad SMARTS) is 1. The van der Waals surface area contributed by atoms with Gasteiger partial charge in [-0.2, -0.15) is 0 Å². The number of rotatable bonds is 2.